The van der Waals surface area contributed by atoms with E-state index in [-0.39, 0.29) is 0 Å². The van der Waals surface area contributed by atoms with E-state index in [1.165, 1.54) is 25.7 Å². The highest BCUT2D eigenvalue weighted by atomic mass is 16.5. The van der Waals surface area contributed by atoms with E-state index < -0.39 is 0 Å². The summed E-state index contributed by atoms with van der Waals surface area (Å²) < 4.78 is 5.21. The van der Waals surface area contributed by atoms with Crippen LogP contribution in [0.15, 0.2) is 0 Å². The molecule has 78 valence electrons. The van der Waals surface area contributed by atoms with Crippen LogP contribution in [0, 0.1) is 5.92 Å². The van der Waals surface area contributed by atoms with Crippen LogP contribution >= 0.6 is 0 Å². The number of methoxy groups -OCH3 is 1. The lowest BCUT2D eigenvalue weighted by atomic mass is 10.0. The molecule has 0 aromatic carbocycles. The van der Waals surface area contributed by atoms with Crippen LogP contribution in [0.3, 0.4) is 0 Å². The van der Waals surface area contributed by atoms with E-state index in [2.05, 4.69) is 19.2 Å². The Balaban J connectivity index is 2.27. The average molecular weight is 185 g/mol. The lowest BCUT2D eigenvalue weighted by Gasteiger charge is -2.25. The Morgan fingerprint density at radius 2 is 1.92 bits per heavy atom. The molecule has 0 amide bonds. The Labute approximate surface area is 82.0 Å². The minimum atomic E-state index is 0.535. The van der Waals surface area contributed by atoms with Crippen LogP contribution in [0.2, 0.25) is 0 Å². The van der Waals surface area contributed by atoms with Gasteiger partial charge in [0.15, 0.2) is 0 Å². The molecule has 13 heavy (non-hydrogen) atoms. The van der Waals surface area contributed by atoms with Crippen LogP contribution in [0.4, 0.5) is 0 Å². The second-order valence-corrected chi connectivity index (χ2v) is 4.45. The van der Waals surface area contributed by atoms with Gasteiger partial charge in [-0.1, -0.05) is 26.7 Å². The molecule has 0 aromatic rings. The Kier molecular flexibility index (Phi) is 4.74. The van der Waals surface area contributed by atoms with E-state index in [9.17, 15) is 0 Å². The molecule has 0 saturated heterocycles. The largest absolute Gasteiger partial charge is 0.383 e. The molecule has 1 atom stereocenters. The van der Waals surface area contributed by atoms with Gasteiger partial charge in [-0.15, -0.1) is 0 Å². The molecular weight excluding hydrogens is 162 g/mol. The predicted octanol–water partition coefficient (Wildman–Crippen LogP) is 2.19. The number of ether oxygens (including phenoxy) is 1. The zero-order valence-electron chi connectivity index (χ0n) is 9.18. The Morgan fingerprint density at radius 1 is 1.31 bits per heavy atom. The zero-order chi connectivity index (χ0) is 9.68. The first-order chi connectivity index (χ1) is 6.24. The number of nitrogens with one attached hydrogen (secondary N) is 1. The Morgan fingerprint density at radius 3 is 2.38 bits per heavy atom. The molecule has 1 N–H and O–H groups in total. The summed E-state index contributed by atoms with van der Waals surface area (Å²) in [5, 5.41) is 3.69. The molecule has 2 heteroatoms. The lowest BCUT2D eigenvalue weighted by molar-refractivity contribution is 0.140. The first kappa shape index (κ1) is 11.0. The highest BCUT2D eigenvalue weighted by Crippen LogP contribution is 2.19. The van der Waals surface area contributed by atoms with Crippen molar-refractivity contribution in [1.82, 2.24) is 5.32 Å². The van der Waals surface area contributed by atoms with Crippen molar-refractivity contribution in [1.29, 1.82) is 0 Å². The van der Waals surface area contributed by atoms with Crippen LogP contribution in [0.1, 0.15) is 39.5 Å². The minimum absolute atomic E-state index is 0.535. The number of rotatable bonds is 5. The maximum absolute atomic E-state index is 5.21. The van der Waals surface area contributed by atoms with Crippen molar-refractivity contribution in [2.24, 2.45) is 5.92 Å². The van der Waals surface area contributed by atoms with Crippen molar-refractivity contribution in [2.75, 3.05) is 13.7 Å². The van der Waals surface area contributed by atoms with Crippen LogP contribution in [-0.4, -0.2) is 25.8 Å². The molecule has 0 aliphatic heterocycles. The third kappa shape index (κ3) is 3.65. The predicted molar refractivity (Wildman–Crippen MR) is 55.9 cm³/mol. The SMILES string of the molecule is COCC(NC1CCCC1)C(C)C. The lowest BCUT2D eigenvalue weighted by Crippen LogP contribution is -2.43. The summed E-state index contributed by atoms with van der Waals surface area (Å²) in [5.74, 6) is 0.667. The van der Waals surface area contributed by atoms with Gasteiger partial charge in [0, 0.05) is 19.2 Å². The van der Waals surface area contributed by atoms with Gasteiger partial charge in [0.2, 0.25) is 0 Å². The van der Waals surface area contributed by atoms with Crippen molar-refractivity contribution in [3.8, 4) is 0 Å². The highest BCUT2D eigenvalue weighted by molar-refractivity contribution is 4.80. The molecule has 1 fully saturated rings. The Hall–Kier alpha value is -0.0800. The fourth-order valence-electron chi connectivity index (χ4n) is 2.01. The summed E-state index contributed by atoms with van der Waals surface area (Å²) in [5.41, 5.74) is 0. The molecule has 0 heterocycles. The minimum Gasteiger partial charge on any atom is -0.383 e. The maximum atomic E-state index is 5.21. The Bertz CT molecular complexity index is 130. The van der Waals surface area contributed by atoms with Crippen molar-refractivity contribution in [3.05, 3.63) is 0 Å². The zero-order valence-corrected chi connectivity index (χ0v) is 9.18. The quantitative estimate of drug-likeness (QED) is 0.709. The number of hydrogen-bond donors (Lipinski definition) is 1. The van der Waals surface area contributed by atoms with E-state index in [0.717, 1.165) is 12.6 Å². The van der Waals surface area contributed by atoms with Gasteiger partial charge in [0.1, 0.15) is 0 Å². The average Bonchev–Trinajstić information content (AvgIpc) is 2.56. The van der Waals surface area contributed by atoms with Gasteiger partial charge < -0.3 is 10.1 Å². The molecule has 0 aromatic heterocycles. The van der Waals surface area contributed by atoms with Gasteiger partial charge in [-0.3, -0.25) is 0 Å². The van der Waals surface area contributed by atoms with Gasteiger partial charge in [0.05, 0.1) is 6.61 Å². The van der Waals surface area contributed by atoms with Crippen molar-refractivity contribution >= 4 is 0 Å². The summed E-state index contributed by atoms with van der Waals surface area (Å²) in [6.07, 6.45) is 5.50. The van der Waals surface area contributed by atoms with E-state index >= 15 is 0 Å². The molecular formula is C11H23NO. The smallest absolute Gasteiger partial charge is 0.0618 e. The molecule has 1 rings (SSSR count). The molecule has 0 radical (unpaired) electrons. The maximum Gasteiger partial charge on any atom is 0.0618 e. The van der Waals surface area contributed by atoms with Crippen LogP contribution < -0.4 is 5.32 Å². The van der Waals surface area contributed by atoms with Crippen molar-refractivity contribution in [2.45, 2.75) is 51.6 Å². The molecule has 1 saturated carbocycles. The van der Waals surface area contributed by atoms with E-state index in [1.54, 1.807) is 7.11 Å². The second-order valence-electron chi connectivity index (χ2n) is 4.45. The summed E-state index contributed by atoms with van der Waals surface area (Å²) in [4.78, 5) is 0. The normalized spacial score (nSPS) is 21.2. The van der Waals surface area contributed by atoms with Gasteiger partial charge in [-0.25, -0.2) is 0 Å². The van der Waals surface area contributed by atoms with Crippen molar-refractivity contribution in [3.63, 3.8) is 0 Å². The highest BCUT2D eigenvalue weighted by Gasteiger charge is 2.20. The summed E-state index contributed by atoms with van der Waals surface area (Å²) >= 11 is 0. The molecule has 0 spiro atoms. The van der Waals surface area contributed by atoms with E-state index in [1.807, 2.05) is 0 Å². The second kappa shape index (κ2) is 5.61. The first-order valence-corrected chi connectivity index (χ1v) is 5.49. The molecule has 2 nitrogen and oxygen atoms in total. The summed E-state index contributed by atoms with van der Waals surface area (Å²) in [6, 6.07) is 1.29. The van der Waals surface area contributed by atoms with E-state index in [4.69, 9.17) is 4.74 Å². The van der Waals surface area contributed by atoms with Gasteiger partial charge in [0.25, 0.3) is 0 Å². The molecule has 0 bridgehead atoms. The van der Waals surface area contributed by atoms with Gasteiger partial charge in [-0.2, -0.15) is 0 Å². The summed E-state index contributed by atoms with van der Waals surface area (Å²) in [7, 11) is 1.78. The topological polar surface area (TPSA) is 21.3 Å². The van der Waals surface area contributed by atoms with E-state index in [0.29, 0.717) is 12.0 Å². The molecule has 1 aliphatic rings. The van der Waals surface area contributed by atoms with Gasteiger partial charge >= 0.3 is 0 Å². The van der Waals surface area contributed by atoms with Crippen LogP contribution in [0.25, 0.3) is 0 Å². The first-order valence-electron chi connectivity index (χ1n) is 5.49. The standard InChI is InChI=1S/C11H23NO/c1-9(2)11(8-13-3)12-10-6-4-5-7-10/h9-12H,4-8H2,1-3H3. The van der Waals surface area contributed by atoms with Crippen molar-refractivity contribution < 1.29 is 4.74 Å². The molecule has 1 unspecified atom stereocenters. The third-order valence-corrected chi connectivity index (χ3v) is 2.96. The third-order valence-electron chi connectivity index (χ3n) is 2.96. The fourth-order valence-corrected chi connectivity index (χ4v) is 2.01. The van der Waals surface area contributed by atoms with Crippen LogP contribution in [-0.2, 0) is 4.74 Å². The van der Waals surface area contributed by atoms with Crippen LogP contribution in [0.5, 0.6) is 0 Å². The summed E-state index contributed by atoms with van der Waals surface area (Å²) in [6.45, 7) is 5.35. The number of hydrogen-bond acceptors (Lipinski definition) is 2. The van der Waals surface area contributed by atoms with Gasteiger partial charge in [-0.05, 0) is 18.8 Å². The fraction of sp³-hybridized carbons (Fsp3) is 1.00. The molecule has 1 aliphatic carbocycles. The monoisotopic (exact) mass is 185 g/mol.